The van der Waals surface area contributed by atoms with E-state index in [1.807, 2.05) is 0 Å². The molecule has 0 amide bonds. The highest BCUT2D eigenvalue weighted by Crippen LogP contribution is 2.25. The minimum Gasteiger partial charge on any atom is -0.389 e. The van der Waals surface area contributed by atoms with Gasteiger partial charge in [-0.05, 0) is 104 Å². The van der Waals surface area contributed by atoms with Gasteiger partial charge in [0, 0.05) is 6.42 Å². The van der Waals surface area contributed by atoms with Crippen LogP contribution in [0.1, 0.15) is 92.9 Å². The van der Waals surface area contributed by atoms with Crippen LogP contribution in [0.5, 0.6) is 0 Å². The van der Waals surface area contributed by atoms with Crippen molar-refractivity contribution >= 4 is 5.78 Å². The second-order valence-electron chi connectivity index (χ2n) is 9.01. The zero-order valence-electron chi connectivity index (χ0n) is 19.6. The smallest absolute Gasteiger partial charge is 0.158 e. The average Bonchev–Trinajstić information content (AvgIpc) is 2.63. The molecule has 0 unspecified atom stereocenters. The van der Waals surface area contributed by atoms with E-state index in [4.69, 9.17) is 0 Å². The van der Waals surface area contributed by atoms with Gasteiger partial charge in [0.05, 0.1) is 6.10 Å². The van der Waals surface area contributed by atoms with Gasteiger partial charge in [0.25, 0.3) is 0 Å². The van der Waals surface area contributed by atoms with Crippen molar-refractivity contribution in [3.8, 4) is 0 Å². The standard InChI is InChI=1S/C27H42O2/c1-20(2)10-7-11-21(3)12-8-13-22(4)14-9-15-23(5)16-17-25-19-26(28)24(6)18-27(25)29/h10,12,14,16,18,25,27,29H,7-9,11,13,15,17,19H2,1-6H3/b21-12-,22-14-,23-16+/t25-,27+/m0/s1. The Kier molecular flexibility index (Phi) is 11.8. The minimum absolute atomic E-state index is 0.0326. The molecule has 2 nitrogen and oxygen atoms in total. The van der Waals surface area contributed by atoms with Crippen molar-refractivity contribution in [3.63, 3.8) is 0 Å². The summed E-state index contributed by atoms with van der Waals surface area (Å²) in [6.45, 7) is 12.7. The van der Waals surface area contributed by atoms with Gasteiger partial charge in [-0.2, -0.15) is 0 Å². The molecule has 29 heavy (non-hydrogen) atoms. The third-order valence-electron chi connectivity index (χ3n) is 5.71. The molecule has 0 radical (unpaired) electrons. The first-order chi connectivity index (χ1) is 13.7. The van der Waals surface area contributed by atoms with Gasteiger partial charge >= 0.3 is 0 Å². The van der Waals surface area contributed by atoms with Crippen LogP contribution < -0.4 is 0 Å². The number of carbonyl (C=O) groups is 1. The Morgan fingerprint density at radius 1 is 0.897 bits per heavy atom. The first-order valence-corrected chi connectivity index (χ1v) is 11.2. The molecule has 0 bridgehead atoms. The first-order valence-electron chi connectivity index (χ1n) is 11.2. The lowest BCUT2D eigenvalue weighted by molar-refractivity contribution is -0.117. The van der Waals surface area contributed by atoms with Gasteiger partial charge in [-0.1, -0.05) is 46.6 Å². The second-order valence-corrected chi connectivity index (χ2v) is 9.01. The van der Waals surface area contributed by atoms with Crippen LogP contribution in [0.4, 0.5) is 0 Å². The number of hydrogen-bond acceptors (Lipinski definition) is 2. The maximum absolute atomic E-state index is 11.8. The highest BCUT2D eigenvalue weighted by molar-refractivity contribution is 5.95. The third-order valence-corrected chi connectivity index (χ3v) is 5.71. The third kappa shape index (κ3) is 11.2. The number of hydrogen-bond donors (Lipinski definition) is 1. The fraction of sp³-hybridized carbons (Fsp3) is 0.593. The van der Waals surface area contributed by atoms with E-state index in [-0.39, 0.29) is 11.7 Å². The van der Waals surface area contributed by atoms with Gasteiger partial charge < -0.3 is 5.11 Å². The van der Waals surface area contributed by atoms with Crippen LogP contribution in [0.25, 0.3) is 0 Å². The second kappa shape index (κ2) is 13.5. The molecule has 0 aromatic heterocycles. The molecule has 1 aliphatic carbocycles. The SMILES string of the molecule is CC(C)=CCC/C(C)=C\CC/C(C)=C\CC/C(C)=C/C[C@H]1CC(=O)C(C)=C[C@H]1O. The number of aliphatic hydroxyl groups excluding tert-OH is 1. The summed E-state index contributed by atoms with van der Waals surface area (Å²) in [6, 6.07) is 0. The molecule has 0 fully saturated rings. The summed E-state index contributed by atoms with van der Waals surface area (Å²) < 4.78 is 0. The normalized spacial score (nSPS) is 21.3. The molecule has 0 aromatic rings. The van der Waals surface area contributed by atoms with Crippen molar-refractivity contribution in [3.05, 3.63) is 58.2 Å². The van der Waals surface area contributed by atoms with E-state index in [0.717, 1.165) is 44.9 Å². The first kappa shape index (κ1) is 25.4. The van der Waals surface area contributed by atoms with E-state index in [1.165, 1.54) is 22.3 Å². The Bertz CT molecular complexity index is 681. The van der Waals surface area contributed by atoms with E-state index in [1.54, 1.807) is 13.0 Å². The molecular formula is C27H42O2. The monoisotopic (exact) mass is 398 g/mol. The number of ketones is 1. The van der Waals surface area contributed by atoms with Crippen LogP contribution in [-0.4, -0.2) is 17.0 Å². The van der Waals surface area contributed by atoms with Crippen molar-refractivity contribution < 1.29 is 9.90 Å². The highest BCUT2D eigenvalue weighted by Gasteiger charge is 2.25. The topological polar surface area (TPSA) is 37.3 Å². The zero-order chi connectivity index (χ0) is 21.8. The fourth-order valence-electron chi connectivity index (χ4n) is 3.57. The van der Waals surface area contributed by atoms with Crippen LogP contribution >= 0.6 is 0 Å². The number of aliphatic hydroxyl groups is 1. The van der Waals surface area contributed by atoms with E-state index < -0.39 is 6.10 Å². The molecule has 162 valence electrons. The number of Topliss-reactive ketones (excluding diaryl/α,β-unsaturated/α-hetero) is 1. The molecule has 1 aliphatic rings. The Hall–Kier alpha value is -1.67. The molecular weight excluding hydrogens is 356 g/mol. The van der Waals surface area contributed by atoms with Crippen LogP contribution in [-0.2, 0) is 4.79 Å². The van der Waals surface area contributed by atoms with Gasteiger partial charge in [-0.3, -0.25) is 4.79 Å². The minimum atomic E-state index is -0.489. The van der Waals surface area contributed by atoms with E-state index in [2.05, 4.69) is 58.9 Å². The summed E-state index contributed by atoms with van der Waals surface area (Å²) in [5.41, 5.74) is 6.39. The van der Waals surface area contributed by atoms with Gasteiger partial charge in [-0.25, -0.2) is 0 Å². The maximum Gasteiger partial charge on any atom is 0.158 e. The van der Waals surface area contributed by atoms with Gasteiger partial charge in [0.15, 0.2) is 5.78 Å². The molecule has 2 heteroatoms. The van der Waals surface area contributed by atoms with Crippen LogP contribution in [0.15, 0.2) is 58.2 Å². The van der Waals surface area contributed by atoms with E-state index in [0.29, 0.717) is 12.0 Å². The summed E-state index contributed by atoms with van der Waals surface area (Å²) in [7, 11) is 0. The average molecular weight is 399 g/mol. The van der Waals surface area contributed by atoms with E-state index >= 15 is 0 Å². The van der Waals surface area contributed by atoms with Crippen molar-refractivity contribution in [1.29, 1.82) is 0 Å². The molecule has 0 saturated heterocycles. The van der Waals surface area contributed by atoms with Crippen LogP contribution in [0.3, 0.4) is 0 Å². The van der Waals surface area contributed by atoms with E-state index in [9.17, 15) is 9.90 Å². The predicted molar refractivity (Wildman–Crippen MR) is 126 cm³/mol. The number of carbonyl (C=O) groups excluding carboxylic acids is 1. The molecule has 1 rings (SSSR count). The van der Waals surface area contributed by atoms with Crippen molar-refractivity contribution in [2.75, 3.05) is 0 Å². The largest absolute Gasteiger partial charge is 0.389 e. The summed E-state index contributed by atoms with van der Waals surface area (Å²) in [6.07, 6.45) is 18.4. The maximum atomic E-state index is 11.8. The summed E-state index contributed by atoms with van der Waals surface area (Å²) in [5.74, 6) is 0.205. The quantitative estimate of drug-likeness (QED) is 0.368. The predicted octanol–water partition coefficient (Wildman–Crippen LogP) is 7.42. The Morgan fingerprint density at radius 3 is 1.90 bits per heavy atom. The Labute approximate surface area is 179 Å². The van der Waals surface area contributed by atoms with Gasteiger partial charge in [-0.15, -0.1) is 0 Å². The lowest BCUT2D eigenvalue weighted by Crippen LogP contribution is -2.26. The molecule has 0 heterocycles. The number of rotatable bonds is 11. The number of allylic oxidation sites excluding steroid dienone is 9. The molecule has 1 N–H and O–H groups in total. The van der Waals surface area contributed by atoms with Gasteiger partial charge in [0.1, 0.15) is 0 Å². The van der Waals surface area contributed by atoms with Crippen molar-refractivity contribution in [2.45, 2.75) is 99.0 Å². The zero-order valence-corrected chi connectivity index (χ0v) is 19.6. The lowest BCUT2D eigenvalue weighted by atomic mass is 9.84. The highest BCUT2D eigenvalue weighted by atomic mass is 16.3. The molecule has 0 aromatic carbocycles. The summed E-state index contributed by atoms with van der Waals surface area (Å²) in [5, 5.41) is 10.1. The molecule has 0 spiro atoms. The summed E-state index contributed by atoms with van der Waals surface area (Å²) >= 11 is 0. The lowest BCUT2D eigenvalue weighted by Gasteiger charge is -2.24. The summed E-state index contributed by atoms with van der Waals surface area (Å²) in [4.78, 5) is 11.8. The van der Waals surface area contributed by atoms with Crippen LogP contribution in [0.2, 0.25) is 0 Å². The van der Waals surface area contributed by atoms with Crippen molar-refractivity contribution in [1.82, 2.24) is 0 Å². The Balaban J connectivity index is 2.32. The van der Waals surface area contributed by atoms with Gasteiger partial charge in [0.2, 0.25) is 0 Å². The Morgan fingerprint density at radius 2 is 1.38 bits per heavy atom. The fourth-order valence-corrected chi connectivity index (χ4v) is 3.57. The molecule has 0 aliphatic heterocycles. The van der Waals surface area contributed by atoms with Crippen molar-refractivity contribution in [2.24, 2.45) is 5.92 Å². The molecule has 0 saturated carbocycles. The molecule has 2 atom stereocenters. The van der Waals surface area contributed by atoms with Crippen LogP contribution in [0, 0.1) is 5.92 Å².